The number of sulfonamides is 1. The number of benzene rings is 3. The number of piperidine rings is 1. The number of anilines is 1. The van der Waals surface area contributed by atoms with Crippen LogP contribution in [-0.2, 0) is 21.3 Å². The summed E-state index contributed by atoms with van der Waals surface area (Å²) in [6.45, 7) is 5.65. The summed E-state index contributed by atoms with van der Waals surface area (Å²) in [4.78, 5) is 13.9. The molecule has 1 aliphatic rings. The molecule has 3 aromatic rings. The van der Waals surface area contributed by atoms with Crippen molar-refractivity contribution in [3.8, 4) is 11.8 Å². The molecule has 0 atom stereocenters. The van der Waals surface area contributed by atoms with E-state index in [2.05, 4.69) is 0 Å². The number of amides is 1. The molecule has 0 spiro atoms. The van der Waals surface area contributed by atoms with Crippen LogP contribution < -0.4 is 9.04 Å². The maximum atomic E-state index is 13.7. The smallest absolute Gasteiger partial charge is 0.490 e. The van der Waals surface area contributed by atoms with E-state index in [0.717, 1.165) is 5.39 Å². The van der Waals surface area contributed by atoms with E-state index in [-0.39, 0.29) is 11.8 Å². The van der Waals surface area contributed by atoms with Crippen molar-refractivity contribution in [2.45, 2.75) is 57.4 Å². The first-order valence-corrected chi connectivity index (χ1v) is 14.4. The molecule has 1 saturated heterocycles. The van der Waals surface area contributed by atoms with Crippen LogP contribution in [-0.4, -0.2) is 49.7 Å². The van der Waals surface area contributed by atoms with E-state index < -0.39 is 33.8 Å². The summed E-state index contributed by atoms with van der Waals surface area (Å²) in [5, 5.41) is 10.5. The second kappa shape index (κ2) is 11.5. The number of fused-ring (bicyclic) bond motifs is 1. The number of nitrogens with zero attached hydrogens (tertiary/aromatic N) is 3. The highest BCUT2D eigenvalue weighted by Crippen LogP contribution is 2.34. The van der Waals surface area contributed by atoms with Gasteiger partial charge in [-0.25, -0.2) is 4.79 Å². The summed E-state index contributed by atoms with van der Waals surface area (Å²) in [5.74, 6) is 0.364. The molecule has 0 radical (unpaired) electrons. The second-order valence-electron chi connectivity index (χ2n) is 10.7. The zero-order valence-electron chi connectivity index (χ0n) is 22.8. The molecule has 3 aromatic carbocycles. The number of nitriles is 1. The molecule has 41 heavy (non-hydrogen) atoms. The van der Waals surface area contributed by atoms with E-state index in [4.69, 9.17) is 14.7 Å². The Bertz CT molecular complexity index is 1550. The lowest BCUT2D eigenvalue weighted by molar-refractivity contribution is -0.0438. The van der Waals surface area contributed by atoms with Gasteiger partial charge in [-0.3, -0.25) is 4.31 Å². The highest BCUT2D eigenvalue weighted by Gasteiger charge is 2.50. The van der Waals surface area contributed by atoms with Gasteiger partial charge in [-0.2, -0.15) is 26.9 Å². The van der Waals surface area contributed by atoms with Gasteiger partial charge in [-0.15, -0.1) is 0 Å². The Morgan fingerprint density at radius 1 is 1.00 bits per heavy atom. The van der Waals surface area contributed by atoms with E-state index in [9.17, 15) is 26.4 Å². The molecule has 0 aromatic heterocycles. The van der Waals surface area contributed by atoms with Gasteiger partial charge in [-0.05, 0) is 79.6 Å². The minimum Gasteiger partial charge on any atom is -0.490 e. The lowest BCUT2D eigenvalue weighted by Crippen LogP contribution is -2.44. The first kappa shape index (κ1) is 30.0. The Morgan fingerprint density at radius 3 is 2.22 bits per heavy atom. The maximum absolute atomic E-state index is 13.7. The van der Waals surface area contributed by atoms with Gasteiger partial charge in [0.15, 0.2) is 0 Å². The number of carbonyl (C=O) groups excluding carboxylic acids is 1. The molecular formula is C29H30F3N3O5S. The first-order valence-electron chi connectivity index (χ1n) is 12.9. The molecule has 12 heteroatoms. The Hall–Kier alpha value is -3.98. The summed E-state index contributed by atoms with van der Waals surface area (Å²) < 4.78 is 77.8. The quantitative estimate of drug-likeness (QED) is 0.332. The Kier molecular flexibility index (Phi) is 8.40. The molecule has 218 valence electrons. The molecule has 1 fully saturated rings. The number of rotatable bonds is 6. The summed E-state index contributed by atoms with van der Waals surface area (Å²) in [7, 11) is -5.73. The van der Waals surface area contributed by atoms with Gasteiger partial charge in [0, 0.05) is 25.9 Å². The molecule has 1 amide bonds. The summed E-state index contributed by atoms with van der Waals surface area (Å²) in [6, 6.07) is 17.1. The summed E-state index contributed by atoms with van der Waals surface area (Å²) in [5.41, 5.74) is -5.61. The topological polar surface area (TPSA) is 99.9 Å². The zero-order valence-corrected chi connectivity index (χ0v) is 23.6. The van der Waals surface area contributed by atoms with Crippen molar-refractivity contribution in [2.75, 3.05) is 17.4 Å². The number of likely N-dealkylation sites (tertiary alicyclic amines) is 1. The van der Waals surface area contributed by atoms with Crippen LogP contribution in [0.4, 0.5) is 23.7 Å². The average molecular weight is 590 g/mol. The Morgan fingerprint density at radius 2 is 1.63 bits per heavy atom. The first-order chi connectivity index (χ1) is 19.2. The standard InChI is InChI=1S/C29H30F3N3O5S/c1-28(2,3)40-27(36)34-14-12-26(13-15-34)39-25-10-8-24(9-11-25)35(41(37,38)29(30,31)32)19-21-5-7-22-6-4-20(18-33)16-23(22)17-21/h4-11,16-17,26H,12-15,19H2,1-3H3. The number of hydrogen-bond acceptors (Lipinski definition) is 6. The van der Waals surface area contributed by atoms with Gasteiger partial charge < -0.3 is 14.4 Å². The monoisotopic (exact) mass is 589 g/mol. The maximum Gasteiger partial charge on any atom is 0.516 e. The van der Waals surface area contributed by atoms with E-state index in [0.29, 0.717) is 52.5 Å². The lowest BCUT2D eigenvalue weighted by Gasteiger charge is -2.33. The van der Waals surface area contributed by atoms with Gasteiger partial charge in [0.05, 0.1) is 23.9 Å². The molecule has 8 nitrogen and oxygen atoms in total. The fraction of sp³-hybridized carbons (Fsp3) is 0.379. The number of carbonyl (C=O) groups is 1. The van der Waals surface area contributed by atoms with Crippen molar-refractivity contribution in [2.24, 2.45) is 0 Å². The number of halogens is 3. The molecule has 1 heterocycles. The third-order valence-electron chi connectivity index (χ3n) is 6.46. The van der Waals surface area contributed by atoms with Crippen LogP contribution in [0, 0.1) is 11.3 Å². The van der Waals surface area contributed by atoms with Gasteiger partial charge >= 0.3 is 21.6 Å². The third-order valence-corrected chi connectivity index (χ3v) is 7.97. The fourth-order valence-electron chi connectivity index (χ4n) is 4.44. The number of alkyl halides is 3. The average Bonchev–Trinajstić information content (AvgIpc) is 2.90. The van der Waals surface area contributed by atoms with Gasteiger partial charge in [-0.1, -0.05) is 18.2 Å². The highest BCUT2D eigenvalue weighted by atomic mass is 32.2. The summed E-state index contributed by atoms with van der Waals surface area (Å²) in [6.07, 6.45) is 0.435. The Balaban J connectivity index is 1.50. The third kappa shape index (κ3) is 7.21. The van der Waals surface area contributed by atoms with E-state index >= 15 is 0 Å². The van der Waals surface area contributed by atoms with Gasteiger partial charge in [0.2, 0.25) is 0 Å². The fourth-order valence-corrected chi connectivity index (χ4v) is 5.40. The minimum atomic E-state index is -5.73. The van der Waals surface area contributed by atoms with Crippen LogP contribution in [0.5, 0.6) is 5.75 Å². The second-order valence-corrected chi connectivity index (χ2v) is 12.6. The van der Waals surface area contributed by atoms with Crippen LogP contribution >= 0.6 is 0 Å². The molecule has 0 N–H and O–H groups in total. The molecule has 0 unspecified atom stereocenters. The van der Waals surface area contributed by atoms with Crippen LogP contribution in [0.3, 0.4) is 0 Å². The normalized spacial score (nSPS) is 14.9. The lowest BCUT2D eigenvalue weighted by atomic mass is 10.0. The van der Waals surface area contributed by atoms with Crippen LogP contribution in [0.25, 0.3) is 10.8 Å². The molecule has 0 saturated carbocycles. The molecule has 0 bridgehead atoms. The van der Waals surface area contributed by atoms with E-state index in [1.54, 1.807) is 62.1 Å². The van der Waals surface area contributed by atoms with Crippen LogP contribution in [0.2, 0.25) is 0 Å². The van der Waals surface area contributed by atoms with Gasteiger partial charge in [0.1, 0.15) is 17.5 Å². The Labute approximate surface area is 236 Å². The number of hydrogen-bond donors (Lipinski definition) is 0. The number of ether oxygens (including phenoxy) is 2. The summed E-state index contributed by atoms with van der Waals surface area (Å²) >= 11 is 0. The highest BCUT2D eigenvalue weighted by molar-refractivity contribution is 7.93. The zero-order chi connectivity index (χ0) is 30.0. The van der Waals surface area contributed by atoms with Crippen LogP contribution in [0.15, 0.2) is 60.7 Å². The molecule has 1 aliphatic heterocycles. The molecule has 4 rings (SSSR count). The molecular weight excluding hydrogens is 559 g/mol. The predicted octanol–water partition coefficient (Wildman–Crippen LogP) is 6.35. The van der Waals surface area contributed by atoms with Gasteiger partial charge in [0.25, 0.3) is 0 Å². The minimum absolute atomic E-state index is 0.180. The SMILES string of the molecule is CC(C)(C)OC(=O)N1CCC(Oc2ccc(N(Cc3ccc4ccc(C#N)cc4c3)S(=O)(=O)C(F)(F)F)cc2)CC1. The van der Waals surface area contributed by atoms with Crippen molar-refractivity contribution < 1.29 is 35.9 Å². The van der Waals surface area contributed by atoms with Crippen molar-refractivity contribution >= 4 is 32.6 Å². The van der Waals surface area contributed by atoms with E-state index in [1.165, 1.54) is 24.3 Å². The van der Waals surface area contributed by atoms with Crippen LogP contribution in [0.1, 0.15) is 44.7 Å². The van der Waals surface area contributed by atoms with Crippen molar-refractivity contribution in [3.63, 3.8) is 0 Å². The van der Waals surface area contributed by atoms with Crippen molar-refractivity contribution in [1.29, 1.82) is 5.26 Å². The largest absolute Gasteiger partial charge is 0.516 e. The van der Waals surface area contributed by atoms with Crippen molar-refractivity contribution in [1.82, 2.24) is 4.90 Å². The molecule has 0 aliphatic carbocycles. The van der Waals surface area contributed by atoms with E-state index in [1.807, 2.05) is 6.07 Å². The predicted molar refractivity (Wildman–Crippen MR) is 148 cm³/mol. The van der Waals surface area contributed by atoms with Crippen molar-refractivity contribution in [3.05, 3.63) is 71.8 Å².